The summed E-state index contributed by atoms with van der Waals surface area (Å²) in [5.74, 6) is -0.771. The van der Waals surface area contributed by atoms with Crippen molar-refractivity contribution in [2.75, 3.05) is 18.0 Å². The molecule has 0 aliphatic carbocycles. The molecule has 2 aromatic carbocycles. The molecule has 5 rings (SSSR count). The van der Waals surface area contributed by atoms with Crippen LogP contribution in [0.1, 0.15) is 18.1 Å². The molecule has 10 heteroatoms. The second kappa shape index (κ2) is 7.01. The Morgan fingerprint density at radius 3 is 2.81 bits per heavy atom. The molecule has 0 spiro atoms. The minimum Gasteiger partial charge on any atom is -0.319 e. The molecule has 3 aromatic rings. The SMILES string of the molecule is CC1(c2cccc(-n3cnnn3)c2)NC(=O)N(CC(=O)N2CCc3ccccc32)C1=O. The summed E-state index contributed by atoms with van der Waals surface area (Å²) in [4.78, 5) is 41.5. The molecule has 0 saturated carbocycles. The summed E-state index contributed by atoms with van der Waals surface area (Å²) in [7, 11) is 0. The summed E-state index contributed by atoms with van der Waals surface area (Å²) in [6, 6.07) is 14.1. The molecule has 1 N–H and O–H groups in total. The Balaban J connectivity index is 1.39. The number of hydrogen-bond donors (Lipinski definition) is 1. The van der Waals surface area contributed by atoms with Crippen molar-refractivity contribution in [3.05, 3.63) is 66.0 Å². The van der Waals surface area contributed by atoms with Crippen LogP contribution in [0.4, 0.5) is 10.5 Å². The maximum atomic E-state index is 13.3. The Hall–Kier alpha value is -4.08. The first-order chi connectivity index (χ1) is 15.0. The standard InChI is InChI=1S/C21H19N7O3/c1-21(15-6-4-7-16(11-15)28-13-22-24-25-28)19(30)27(20(31)23-21)12-18(29)26-10-9-14-5-2-3-8-17(14)26/h2-8,11,13H,9-10,12H2,1H3,(H,23,31). The molecular weight excluding hydrogens is 398 g/mol. The number of urea groups is 1. The van der Waals surface area contributed by atoms with Crippen molar-refractivity contribution in [1.82, 2.24) is 30.4 Å². The van der Waals surface area contributed by atoms with Gasteiger partial charge in [-0.25, -0.2) is 9.48 Å². The van der Waals surface area contributed by atoms with E-state index in [0.717, 1.165) is 22.6 Å². The van der Waals surface area contributed by atoms with Crippen LogP contribution in [0.15, 0.2) is 54.9 Å². The number of para-hydroxylation sites is 1. The summed E-state index contributed by atoms with van der Waals surface area (Å²) >= 11 is 0. The number of nitrogens with zero attached hydrogens (tertiary/aromatic N) is 6. The van der Waals surface area contributed by atoms with E-state index in [1.807, 2.05) is 24.3 Å². The van der Waals surface area contributed by atoms with Crippen LogP contribution in [0.2, 0.25) is 0 Å². The quantitative estimate of drug-likeness (QED) is 0.634. The second-order valence-electron chi connectivity index (χ2n) is 7.68. The number of nitrogens with one attached hydrogen (secondary N) is 1. The van der Waals surface area contributed by atoms with Gasteiger partial charge < -0.3 is 10.2 Å². The molecule has 2 aliphatic rings. The number of benzene rings is 2. The Morgan fingerprint density at radius 1 is 1.16 bits per heavy atom. The van der Waals surface area contributed by atoms with E-state index in [4.69, 9.17) is 0 Å². The molecular formula is C21H19N7O3. The fraction of sp³-hybridized carbons (Fsp3) is 0.238. The molecule has 0 radical (unpaired) electrons. The van der Waals surface area contributed by atoms with Gasteiger partial charge in [0.2, 0.25) is 5.91 Å². The van der Waals surface area contributed by atoms with Crippen LogP contribution in [0, 0.1) is 0 Å². The number of rotatable bonds is 4. The van der Waals surface area contributed by atoms with Gasteiger partial charge in [0.15, 0.2) is 0 Å². The number of amides is 4. The predicted octanol–water partition coefficient (Wildman–Crippen LogP) is 1.02. The van der Waals surface area contributed by atoms with Crippen molar-refractivity contribution in [3.63, 3.8) is 0 Å². The molecule has 3 heterocycles. The van der Waals surface area contributed by atoms with Crippen LogP contribution in [-0.2, 0) is 21.5 Å². The van der Waals surface area contributed by atoms with E-state index in [0.29, 0.717) is 17.8 Å². The molecule has 31 heavy (non-hydrogen) atoms. The molecule has 1 saturated heterocycles. The average molecular weight is 417 g/mol. The van der Waals surface area contributed by atoms with E-state index in [-0.39, 0.29) is 12.5 Å². The normalized spacial score (nSPS) is 20.2. The number of fused-ring (bicyclic) bond motifs is 1. The highest BCUT2D eigenvalue weighted by molar-refractivity contribution is 6.10. The molecule has 1 aromatic heterocycles. The Bertz CT molecular complexity index is 1190. The highest BCUT2D eigenvalue weighted by Crippen LogP contribution is 2.31. The van der Waals surface area contributed by atoms with Gasteiger partial charge in [0.05, 0.1) is 5.69 Å². The first kappa shape index (κ1) is 18.9. The van der Waals surface area contributed by atoms with Gasteiger partial charge in [0.1, 0.15) is 18.4 Å². The van der Waals surface area contributed by atoms with Gasteiger partial charge in [-0.1, -0.05) is 30.3 Å². The fourth-order valence-electron chi connectivity index (χ4n) is 4.09. The minimum atomic E-state index is -1.30. The molecule has 2 aliphatic heterocycles. The number of tetrazole rings is 1. The van der Waals surface area contributed by atoms with Crippen molar-refractivity contribution in [2.45, 2.75) is 18.9 Å². The van der Waals surface area contributed by atoms with Gasteiger partial charge >= 0.3 is 6.03 Å². The van der Waals surface area contributed by atoms with E-state index >= 15 is 0 Å². The van der Waals surface area contributed by atoms with Gasteiger partial charge in [-0.05, 0) is 53.1 Å². The zero-order valence-corrected chi connectivity index (χ0v) is 16.7. The summed E-state index contributed by atoms with van der Waals surface area (Å²) in [6.45, 7) is 1.84. The van der Waals surface area contributed by atoms with Crippen molar-refractivity contribution < 1.29 is 14.4 Å². The number of carbonyl (C=O) groups is 3. The lowest BCUT2D eigenvalue weighted by molar-refractivity contribution is -0.134. The molecule has 0 bridgehead atoms. The molecule has 10 nitrogen and oxygen atoms in total. The third-order valence-electron chi connectivity index (χ3n) is 5.79. The topological polar surface area (TPSA) is 113 Å². The number of aromatic nitrogens is 4. The first-order valence-corrected chi connectivity index (χ1v) is 9.84. The molecule has 1 atom stereocenters. The molecule has 156 valence electrons. The summed E-state index contributed by atoms with van der Waals surface area (Å²) in [5.41, 5.74) is 1.83. The van der Waals surface area contributed by atoms with Gasteiger partial charge in [-0.15, -0.1) is 5.10 Å². The molecule has 4 amide bonds. The minimum absolute atomic E-state index is 0.292. The maximum absolute atomic E-state index is 13.3. The predicted molar refractivity (Wildman–Crippen MR) is 109 cm³/mol. The lowest BCUT2D eigenvalue weighted by Gasteiger charge is -2.23. The van der Waals surface area contributed by atoms with E-state index in [1.165, 1.54) is 11.0 Å². The first-order valence-electron chi connectivity index (χ1n) is 9.84. The number of carbonyl (C=O) groups excluding carboxylic acids is 3. The van der Waals surface area contributed by atoms with Gasteiger partial charge in [-0.3, -0.25) is 14.5 Å². The second-order valence-corrected chi connectivity index (χ2v) is 7.68. The van der Waals surface area contributed by atoms with Gasteiger partial charge in [0, 0.05) is 12.2 Å². The largest absolute Gasteiger partial charge is 0.325 e. The maximum Gasteiger partial charge on any atom is 0.325 e. The lowest BCUT2D eigenvalue weighted by Crippen LogP contribution is -2.44. The highest BCUT2D eigenvalue weighted by Gasteiger charge is 2.50. The van der Waals surface area contributed by atoms with Gasteiger partial charge in [0.25, 0.3) is 5.91 Å². The zero-order valence-electron chi connectivity index (χ0n) is 16.7. The van der Waals surface area contributed by atoms with Crippen LogP contribution in [0.5, 0.6) is 0 Å². The van der Waals surface area contributed by atoms with Crippen molar-refractivity contribution in [1.29, 1.82) is 0 Å². The monoisotopic (exact) mass is 417 g/mol. The molecule has 1 unspecified atom stereocenters. The summed E-state index contributed by atoms with van der Waals surface area (Å²) in [5, 5.41) is 13.8. The Kier molecular flexibility index (Phi) is 4.28. The van der Waals surface area contributed by atoms with Crippen LogP contribution >= 0.6 is 0 Å². The Labute approximate surface area is 177 Å². The van der Waals surface area contributed by atoms with Gasteiger partial charge in [-0.2, -0.15) is 0 Å². The number of imide groups is 1. The lowest BCUT2D eigenvalue weighted by atomic mass is 9.91. The van der Waals surface area contributed by atoms with E-state index in [1.54, 1.807) is 36.1 Å². The van der Waals surface area contributed by atoms with Crippen LogP contribution < -0.4 is 10.2 Å². The Morgan fingerprint density at radius 2 is 2.00 bits per heavy atom. The third kappa shape index (κ3) is 3.03. The summed E-state index contributed by atoms with van der Waals surface area (Å²) < 4.78 is 1.46. The van der Waals surface area contributed by atoms with Crippen LogP contribution in [0.3, 0.4) is 0 Å². The smallest absolute Gasteiger partial charge is 0.319 e. The van der Waals surface area contributed by atoms with E-state index in [2.05, 4.69) is 20.8 Å². The zero-order chi connectivity index (χ0) is 21.6. The third-order valence-corrected chi connectivity index (χ3v) is 5.79. The van der Waals surface area contributed by atoms with Crippen molar-refractivity contribution >= 4 is 23.5 Å². The molecule has 1 fully saturated rings. The van der Waals surface area contributed by atoms with E-state index in [9.17, 15) is 14.4 Å². The van der Waals surface area contributed by atoms with Crippen LogP contribution in [0.25, 0.3) is 5.69 Å². The summed E-state index contributed by atoms with van der Waals surface area (Å²) in [6.07, 6.45) is 2.19. The van der Waals surface area contributed by atoms with Crippen molar-refractivity contribution in [3.8, 4) is 5.69 Å². The number of hydrogen-bond acceptors (Lipinski definition) is 6. The van der Waals surface area contributed by atoms with Crippen molar-refractivity contribution in [2.24, 2.45) is 0 Å². The average Bonchev–Trinajstić information content (AvgIpc) is 3.50. The van der Waals surface area contributed by atoms with Crippen LogP contribution in [-0.4, -0.2) is 56.0 Å². The fourth-order valence-corrected chi connectivity index (χ4v) is 4.09. The number of anilines is 1. The highest BCUT2D eigenvalue weighted by atomic mass is 16.2. The van der Waals surface area contributed by atoms with E-state index < -0.39 is 17.5 Å².